The molecule has 136 valence electrons. The van der Waals surface area contributed by atoms with Crippen molar-refractivity contribution < 1.29 is 0 Å². The van der Waals surface area contributed by atoms with Crippen LogP contribution in [0.3, 0.4) is 0 Å². The lowest BCUT2D eigenvalue weighted by atomic mass is 10.1. The number of fused-ring (bicyclic) bond motifs is 1. The predicted molar refractivity (Wildman–Crippen MR) is 103 cm³/mol. The Balaban J connectivity index is 1.61. The molecule has 3 heterocycles. The molecule has 0 saturated carbocycles. The van der Waals surface area contributed by atoms with E-state index in [1.807, 2.05) is 0 Å². The first-order valence-electron chi connectivity index (χ1n) is 9.24. The summed E-state index contributed by atoms with van der Waals surface area (Å²) < 4.78 is 2.26. The summed E-state index contributed by atoms with van der Waals surface area (Å²) >= 11 is 1.80. The van der Waals surface area contributed by atoms with Gasteiger partial charge in [-0.3, -0.25) is 0 Å². The zero-order chi connectivity index (χ0) is 17.5. The lowest BCUT2D eigenvalue weighted by molar-refractivity contribution is 0.605. The van der Waals surface area contributed by atoms with Crippen LogP contribution in [0.25, 0.3) is 0 Å². The molecule has 0 radical (unpaired) electrons. The lowest BCUT2D eigenvalue weighted by Gasteiger charge is -2.15. The van der Waals surface area contributed by atoms with Crippen LogP contribution in [0.1, 0.15) is 55.6 Å². The third-order valence-electron chi connectivity index (χ3n) is 4.51. The highest BCUT2D eigenvalue weighted by Gasteiger charge is 2.14. The van der Waals surface area contributed by atoms with Crippen LogP contribution >= 0.6 is 11.3 Å². The molecule has 2 aromatic heterocycles. The van der Waals surface area contributed by atoms with Gasteiger partial charge in [-0.2, -0.15) is 0 Å². The van der Waals surface area contributed by atoms with Gasteiger partial charge in [0.05, 0.1) is 0 Å². The first-order chi connectivity index (χ1) is 12.3. The standard InChI is InChI=1S/C18H28N6S/c1-3-19-18(20-12-14(2)15-8-7-11-25-15)21-13-17-23-22-16-9-5-4-6-10-24(16)17/h7-8,11,14H,3-6,9-10,12-13H2,1-2H3,(H2,19,20,21). The number of nitrogens with zero attached hydrogens (tertiary/aromatic N) is 4. The van der Waals surface area contributed by atoms with Crippen LogP contribution in [0.15, 0.2) is 22.5 Å². The van der Waals surface area contributed by atoms with E-state index in [4.69, 9.17) is 4.99 Å². The molecule has 2 N–H and O–H groups in total. The van der Waals surface area contributed by atoms with Crippen LogP contribution in [-0.4, -0.2) is 33.8 Å². The van der Waals surface area contributed by atoms with Crippen molar-refractivity contribution in [2.45, 2.75) is 58.5 Å². The summed E-state index contributed by atoms with van der Waals surface area (Å²) in [6.45, 7) is 7.62. The monoisotopic (exact) mass is 360 g/mol. The van der Waals surface area contributed by atoms with Gasteiger partial charge in [0.2, 0.25) is 0 Å². The Morgan fingerprint density at radius 1 is 1.32 bits per heavy atom. The van der Waals surface area contributed by atoms with Crippen LogP contribution in [0, 0.1) is 0 Å². The van der Waals surface area contributed by atoms with Crippen LogP contribution < -0.4 is 10.6 Å². The minimum absolute atomic E-state index is 0.466. The minimum atomic E-state index is 0.466. The van der Waals surface area contributed by atoms with E-state index in [0.717, 1.165) is 43.7 Å². The zero-order valence-electron chi connectivity index (χ0n) is 15.2. The second-order valence-electron chi connectivity index (χ2n) is 6.49. The van der Waals surface area contributed by atoms with E-state index in [2.05, 4.69) is 56.8 Å². The fourth-order valence-electron chi connectivity index (χ4n) is 3.08. The summed E-state index contributed by atoms with van der Waals surface area (Å²) in [6, 6.07) is 4.29. The Morgan fingerprint density at radius 3 is 3.04 bits per heavy atom. The maximum Gasteiger partial charge on any atom is 0.191 e. The number of thiophene rings is 1. The highest BCUT2D eigenvalue weighted by atomic mass is 32.1. The molecule has 1 unspecified atom stereocenters. The number of aromatic nitrogens is 3. The molecule has 2 aromatic rings. The lowest BCUT2D eigenvalue weighted by Crippen LogP contribution is -2.39. The Kier molecular flexibility index (Phi) is 6.44. The highest BCUT2D eigenvalue weighted by molar-refractivity contribution is 7.10. The summed E-state index contributed by atoms with van der Waals surface area (Å²) in [5, 5.41) is 17.6. The maximum absolute atomic E-state index is 4.72. The molecule has 3 rings (SSSR count). The van der Waals surface area contributed by atoms with Crippen molar-refractivity contribution >= 4 is 17.3 Å². The first kappa shape index (κ1) is 17.9. The summed E-state index contributed by atoms with van der Waals surface area (Å²) in [6.07, 6.45) is 4.73. The SMILES string of the molecule is CCNC(=NCc1nnc2n1CCCCC2)NCC(C)c1cccs1. The summed E-state index contributed by atoms with van der Waals surface area (Å²) in [4.78, 5) is 6.12. The number of rotatable bonds is 6. The van der Waals surface area contributed by atoms with Gasteiger partial charge in [0.15, 0.2) is 11.8 Å². The molecule has 7 heteroatoms. The average molecular weight is 361 g/mol. The average Bonchev–Trinajstić information content (AvgIpc) is 3.23. The fraction of sp³-hybridized carbons (Fsp3) is 0.611. The summed E-state index contributed by atoms with van der Waals surface area (Å²) in [5.41, 5.74) is 0. The van der Waals surface area contributed by atoms with Gasteiger partial charge >= 0.3 is 0 Å². The maximum atomic E-state index is 4.72. The van der Waals surface area contributed by atoms with Crippen molar-refractivity contribution in [3.63, 3.8) is 0 Å². The van der Waals surface area contributed by atoms with Crippen molar-refractivity contribution in [1.29, 1.82) is 0 Å². The van der Waals surface area contributed by atoms with E-state index in [-0.39, 0.29) is 0 Å². The topological polar surface area (TPSA) is 67.1 Å². The van der Waals surface area contributed by atoms with Crippen molar-refractivity contribution in [2.75, 3.05) is 13.1 Å². The molecular formula is C18H28N6S. The molecule has 25 heavy (non-hydrogen) atoms. The van der Waals surface area contributed by atoms with Crippen LogP contribution in [0.2, 0.25) is 0 Å². The van der Waals surface area contributed by atoms with Gasteiger partial charge in [0, 0.05) is 36.9 Å². The molecule has 1 aliphatic heterocycles. The van der Waals surface area contributed by atoms with E-state index in [1.54, 1.807) is 11.3 Å². The van der Waals surface area contributed by atoms with Gasteiger partial charge in [0.25, 0.3) is 0 Å². The number of guanidine groups is 1. The van der Waals surface area contributed by atoms with E-state index in [0.29, 0.717) is 12.5 Å². The van der Waals surface area contributed by atoms with Crippen molar-refractivity contribution in [1.82, 2.24) is 25.4 Å². The number of hydrogen-bond donors (Lipinski definition) is 2. The third-order valence-corrected chi connectivity index (χ3v) is 5.62. The van der Waals surface area contributed by atoms with Crippen LogP contribution in [0.5, 0.6) is 0 Å². The van der Waals surface area contributed by atoms with Crippen LogP contribution in [-0.2, 0) is 19.5 Å². The van der Waals surface area contributed by atoms with Gasteiger partial charge < -0.3 is 15.2 Å². The minimum Gasteiger partial charge on any atom is -0.357 e. The number of aliphatic imine (C=N–C) groups is 1. The van der Waals surface area contributed by atoms with E-state index in [1.165, 1.54) is 24.1 Å². The van der Waals surface area contributed by atoms with Gasteiger partial charge in [-0.05, 0) is 31.2 Å². The van der Waals surface area contributed by atoms with Gasteiger partial charge in [-0.25, -0.2) is 4.99 Å². The Hall–Kier alpha value is -1.89. The normalized spacial score (nSPS) is 16.2. The molecule has 0 aromatic carbocycles. The molecular weight excluding hydrogens is 332 g/mol. The Bertz CT molecular complexity index is 676. The van der Waals surface area contributed by atoms with E-state index in [9.17, 15) is 0 Å². The molecule has 0 aliphatic carbocycles. The van der Waals surface area contributed by atoms with Gasteiger partial charge in [-0.15, -0.1) is 21.5 Å². The molecule has 1 aliphatic rings. The molecule has 0 bridgehead atoms. The third kappa shape index (κ3) is 4.81. The Morgan fingerprint density at radius 2 is 2.24 bits per heavy atom. The number of nitrogens with one attached hydrogen (secondary N) is 2. The largest absolute Gasteiger partial charge is 0.357 e. The zero-order valence-corrected chi connectivity index (χ0v) is 16.0. The quantitative estimate of drug-likeness (QED) is 0.614. The number of aryl methyl sites for hydroxylation is 1. The molecule has 1 atom stereocenters. The molecule has 0 amide bonds. The summed E-state index contributed by atoms with van der Waals surface area (Å²) in [5.74, 6) is 3.40. The highest BCUT2D eigenvalue weighted by Crippen LogP contribution is 2.19. The van der Waals surface area contributed by atoms with E-state index >= 15 is 0 Å². The van der Waals surface area contributed by atoms with Crippen molar-refractivity contribution in [3.05, 3.63) is 34.0 Å². The van der Waals surface area contributed by atoms with Gasteiger partial charge in [0.1, 0.15) is 12.4 Å². The molecule has 6 nitrogen and oxygen atoms in total. The van der Waals surface area contributed by atoms with Gasteiger partial charge in [-0.1, -0.05) is 19.4 Å². The number of hydrogen-bond acceptors (Lipinski definition) is 4. The molecule has 0 spiro atoms. The van der Waals surface area contributed by atoms with Crippen LogP contribution in [0.4, 0.5) is 0 Å². The first-order valence-corrected chi connectivity index (χ1v) is 10.1. The van der Waals surface area contributed by atoms with E-state index < -0.39 is 0 Å². The molecule has 0 fully saturated rings. The summed E-state index contributed by atoms with van der Waals surface area (Å²) in [7, 11) is 0. The second-order valence-corrected chi connectivity index (χ2v) is 7.47. The fourth-order valence-corrected chi connectivity index (χ4v) is 3.86. The Labute approximate surface area is 153 Å². The smallest absolute Gasteiger partial charge is 0.191 e. The predicted octanol–water partition coefficient (Wildman–Crippen LogP) is 2.92. The molecule has 0 saturated heterocycles. The van der Waals surface area contributed by atoms with Crippen molar-refractivity contribution in [3.8, 4) is 0 Å². The second kappa shape index (κ2) is 8.99. The van der Waals surface area contributed by atoms with Crippen molar-refractivity contribution in [2.24, 2.45) is 4.99 Å².